The average molecular weight is 934 g/mol. The van der Waals surface area contributed by atoms with E-state index in [1.807, 2.05) is 64.0 Å². The maximum atomic E-state index is 14.5. The topological polar surface area (TPSA) is 236 Å². The van der Waals surface area contributed by atoms with Crippen LogP contribution in [0.4, 0.5) is 0 Å². The summed E-state index contributed by atoms with van der Waals surface area (Å²) < 4.78 is 37.3. The van der Waals surface area contributed by atoms with E-state index in [1.165, 1.54) is 27.9 Å². The van der Waals surface area contributed by atoms with Crippen molar-refractivity contribution in [1.29, 1.82) is 0 Å². The summed E-state index contributed by atoms with van der Waals surface area (Å²) in [6, 6.07) is 8.85. The van der Waals surface area contributed by atoms with Crippen LogP contribution in [-0.2, 0) is 49.2 Å². The number of ether oxygens (including phenoxy) is 6. The maximum absolute atomic E-state index is 14.5. The van der Waals surface area contributed by atoms with Crippen LogP contribution in [0.5, 0.6) is 0 Å². The number of fused-ring (bicyclic) bond motifs is 1. The minimum absolute atomic E-state index is 0.0254. The number of rotatable bonds is 11. The monoisotopic (exact) mass is 934 g/mol. The van der Waals surface area contributed by atoms with Gasteiger partial charge in [-0.3, -0.25) is 19.4 Å². The molecule has 4 heterocycles. The average Bonchev–Trinajstić information content (AvgIpc) is 3.27. The van der Waals surface area contributed by atoms with Crippen molar-refractivity contribution < 1.29 is 68.3 Å². The van der Waals surface area contributed by atoms with E-state index in [0.29, 0.717) is 6.42 Å². The molecule has 374 valence electrons. The van der Waals surface area contributed by atoms with Gasteiger partial charge in [-0.1, -0.05) is 45.9 Å². The van der Waals surface area contributed by atoms with E-state index in [0.717, 1.165) is 16.5 Å². The van der Waals surface area contributed by atoms with Gasteiger partial charge in [0.05, 0.1) is 59.6 Å². The zero-order chi connectivity index (χ0) is 49.5. The number of cyclic esters (lactones) is 1. The number of benzene rings is 1. The summed E-state index contributed by atoms with van der Waals surface area (Å²) in [6.45, 7) is 16.6. The molecule has 0 saturated carbocycles. The van der Waals surface area contributed by atoms with Crippen LogP contribution in [0.25, 0.3) is 10.9 Å². The van der Waals surface area contributed by atoms with Gasteiger partial charge < -0.3 is 64.2 Å². The fourth-order valence-electron chi connectivity index (χ4n) is 9.56. The first-order valence-electron chi connectivity index (χ1n) is 23.6. The lowest BCUT2D eigenvalue weighted by Gasteiger charge is -2.47. The molecule has 1 aromatic carbocycles. The number of hydrogen-bond acceptors (Lipinski definition) is 16. The number of carbonyl (C=O) groups excluding carboxylic acids is 3. The number of aliphatic hydroxyl groups excluding tert-OH is 3. The Kier molecular flexibility index (Phi) is 19.6. The van der Waals surface area contributed by atoms with Crippen LogP contribution in [0.15, 0.2) is 36.5 Å². The van der Waals surface area contributed by atoms with Gasteiger partial charge in [0, 0.05) is 62.4 Å². The number of pyridine rings is 1. The van der Waals surface area contributed by atoms with Crippen molar-refractivity contribution in [1.82, 2.24) is 15.2 Å². The lowest BCUT2D eigenvalue weighted by atomic mass is 9.76. The van der Waals surface area contributed by atoms with Gasteiger partial charge in [0.25, 0.3) is 0 Å². The molecule has 17 heteroatoms. The third kappa shape index (κ3) is 13.1. The molecule has 5 rings (SSSR count). The minimum Gasteiger partial charge on any atom is -0.459 e. The second-order valence-corrected chi connectivity index (χ2v) is 19.4. The molecule has 1 aromatic heterocycles. The third-order valence-electron chi connectivity index (χ3n) is 13.9. The van der Waals surface area contributed by atoms with Crippen LogP contribution in [-0.4, -0.2) is 165 Å². The summed E-state index contributed by atoms with van der Waals surface area (Å²) in [5.74, 6) is -4.96. The number of Topliss-reactive ketones (excluding diaryl/α,β-unsaturated/α-hetero) is 1. The summed E-state index contributed by atoms with van der Waals surface area (Å²) in [5.41, 5.74) is -3.66. The number of methoxy groups -OCH3 is 1. The van der Waals surface area contributed by atoms with E-state index in [4.69, 9.17) is 28.4 Å². The number of nitrogens with zero attached hydrogens (tertiary/aromatic N) is 2. The van der Waals surface area contributed by atoms with Gasteiger partial charge in [-0.2, -0.15) is 0 Å². The smallest absolute Gasteiger partial charge is 0.311 e. The third-order valence-corrected chi connectivity index (χ3v) is 13.9. The predicted molar refractivity (Wildman–Crippen MR) is 246 cm³/mol. The molecular weight excluding hydrogens is 855 g/mol. The Labute approximate surface area is 390 Å². The SMILES string of the molecule is CC.COC1(C)CC(O[C@H]2C[C@@H](OC3OC(C)CC(N(C)C)C3O)[C@](C)(O)C[C@@H](C)C(=O)[C@H](C)[C@@H](O)[C@](C)(O)[C@@H](CCNC(=O)Cc3ccnc4ccccc34)OC(=O)[C@@H]2C)OC(C)C1O. The molecule has 0 radical (unpaired) electrons. The van der Waals surface area contributed by atoms with Gasteiger partial charge in [0.15, 0.2) is 12.6 Å². The Balaban J connectivity index is 0.00000469. The number of aromatic nitrogens is 1. The second kappa shape index (κ2) is 23.4. The highest BCUT2D eigenvalue weighted by Crippen LogP contribution is 2.39. The van der Waals surface area contributed by atoms with Gasteiger partial charge in [0.2, 0.25) is 5.91 Å². The summed E-state index contributed by atoms with van der Waals surface area (Å²) in [4.78, 5) is 48.2. The quantitative estimate of drug-likeness (QED) is 0.177. The molecule has 0 aliphatic carbocycles. The lowest BCUT2D eigenvalue weighted by Crippen LogP contribution is -2.59. The van der Waals surface area contributed by atoms with E-state index in [9.17, 15) is 39.9 Å². The molecular formula is C49H79N3O14. The van der Waals surface area contributed by atoms with E-state index < -0.39 is 102 Å². The zero-order valence-electron chi connectivity index (χ0n) is 41.3. The van der Waals surface area contributed by atoms with Gasteiger partial charge in [-0.25, -0.2) is 0 Å². The van der Waals surface area contributed by atoms with Gasteiger partial charge in [-0.15, -0.1) is 0 Å². The van der Waals surface area contributed by atoms with Gasteiger partial charge in [0.1, 0.15) is 29.7 Å². The number of likely N-dealkylation sites (N-methyl/N-ethyl adjacent to an activating group) is 1. The highest BCUT2D eigenvalue weighted by atomic mass is 16.7. The Morgan fingerprint density at radius 2 is 1.58 bits per heavy atom. The summed E-state index contributed by atoms with van der Waals surface area (Å²) in [5, 5.41) is 62.5. The molecule has 3 aliphatic rings. The van der Waals surface area contributed by atoms with E-state index >= 15 is 0 Å². The number of carbonyl (C=O) groups is 3. The van der Waals surface area contributed by atoms with Crippen molar-refractivity contribution in [3.63, 3.8) is 0 Å². The molecule has 17 atom stereocenters. The second-order valence-electron chi connectivity index (χ2n) is 19.4. The van der Waals surface area contributed by atoms with Crippen LogP contribution in [0.2, 0.25) is 0 Å². The predicted octanol–water partition coefficient (Wildman–Crippen LogP) is 3.45. The van der Waals surface area contributed by atoms with E-state index in [-0.39, 0.29) is 56.7 Å². The number of para-hydroxylation sites is 1. The molecule has 3 saturated heterocycles. The zero-order valence-corrected chi connectivity index (χ0v) is 41.3. The maximum Gasteiger partial charge on any atom is 0.311 e. The molecule has 8 unspecified atom stereocenters. The van der Waals surface area contributed by atoms with Crippen molar-refractivity contribution in [2.24, 2.45) is 17.8 Å². The number of nitrogens with one attached hydrogen (secondary N) is 1. The molecule has 0 spiro atoms. The molecule has 0 bridgehead atoms. The molecule has 66 heavy (non-hydrogen) atoms. The highest BCUT2D eigenvalue weighted by molar-refractivity contribution is 5.88. The number of esters is 1. The number of aliphatic hydroxyl groups is 5. The summed E-state index contributed by atoms with van der Waals surface area (Å²) in [6.07, 6.45) is -9.49. The molecule has 2 aromatic rings. The Bertz CT molecular complexity index is 1890. The first kappa shape index (κ1) is 55.4. The standard InChI is InChI=1S/C47H73N3O14.C2H6/c1-25-23-45(6,57)36(64-44-40(53)33(50(9)10)20-26(2)60-44)22-34(62-38-24-46(7,59-11)42(55)29(5)61-38)27(3)43(56)63-35(47(8,58)41(54)28(4)39(25)52)17-19-49-37(51)21-30-16-18-48-32-15-13-12-14-31(30)32;1-2/h12-16,18,25-29,33-36,38,40-42,44,53-55,57-58H,17,19-24H2,1-11H3,(H,49,51);1-2H3/t25-,26?,27-,28+,29?,33?,34+,35-,36-,38?,40?,41-,42?,44?,45-,46?,47-;/m1./s1. The van der Waals surface area contributed by atoms with E-state index in [2.05, 4.69) is 10.3 Å². The molecule has 1 amide bonds. The Hall–Kier alpha value is -3.20. The van der Waals surface area contributed by atoms with Gasteiger partial charge >= 0.3 is 5.97 Å². The fraction of sp³-hybridized carbons (Fsp3) is 0.755. The minimum atomic E-state index is -2.21. The highest BCUT2D eigenvalue weighted by Gasteiger charge is 2.52. The first-order chi connectivity index (χ1) is 30.9. The number of hydrogen-bond donors (Lipinski definition) is 6. The molecule has 3 fully saturated rings. The lowest BCUT2D eigenvalue weighted by molar-refractivity contribution is -0.308. The van der Waals surface area contributed by atoms with Crippen LogP contribution in [0.3, 0.4) is 0 Å². The normalized spacial score (nSPS) is 39.6. The number of ketones is 1. The summed E-state index contributed by atoms with van der Waals surface area (Å²) in [7, 11) is 5.13. The van der Waals surface area contributed by atoms with Crippen LogP contribution in [0, 0.1) is 17.8 Å². The van der Waals surface area contributed by atoms with Crippen molar-refractivity contribution in [2.75, 3.05) is 27.7 Å². The van der Waals surface area contributed by atoms with Crippen LogP contribution in [0.1, 0.15) is 107 Å². The van der Waals surface area contributed by atoms with Crippen LogP contribution >= 0.6 is 0 Å². The molecule has 6 N–H and O–H groups in total. The van der Waals surface area contributed by atoms with E-state index in [1.54, 1.807) is 40.0 Å². The first-order valence-corrected chi connectivity index (χ1v) is 23.6. The van der Waals surface area contributed by atoms with Gasteiger partial charge in [-0.05, 0) is 86.2 Å². The van der Waals surface area contributed by atoms with Crippen molar-refractivity contribution in [3.8, 4) is 0 Å². The molecule has 17 nitrogen and oxygen atoms in total. The molecule has 3 aliphatic heterocycles. The fourth-order valence-corrected chi connectivity index (χ4v) is 9.56. The number of amides is 1. The van der Waals surface area contributed by atoms with Crippen molar-refractivity contribution in [3.05, 3.63) is 42.1 Å². The Morgan fingerprint density at radius 3 is 2.23 bits per heavy atom. The largest absolute Gasteiger partial charge is 0.459 e. The summed E-state index contributed by atoms with van der Waals surface area (Å²) >= 11 is 0. The van der Waals surface area contributed by atoms with Crippen LogP contribution < -0.4 is 5.32 Å². The van der Waals surface area contributed by atoms with Crippen molar-refractivity contribution >= 4 is 28.6 Å². The Morgan fingerprint density at radius 1 is 0.909 bits per heavy atom. The van der Waals surface area contributed by atoms with Crippen molar-refractivity contribution in [2.45, 2.75) is 192 Å².